The topological polar surface area (TPSA) is 52.7 Å². The van der Waals surface area contributed by atoms with Crippen LogP contribution in [-0.2, 0) is 4.79 Å². The van der Waals surface area contributed by atoms with Gasteiger partial charge in [0.25, 0.3) is 5.91 Å². The molecule has 5 nitrogen and oxygen atoms in total. The van der Waals surface area contributed by atoms with Gasteiger partial charge in [0.05, 0.1) is 11.5 Å². The maximum Gasteiger partial charge on any atom is 0.255 e. The summed E-state index contributed by atoms with van der Waals surface area (Å²) >= 11 is 0. The third-order valence-corrected chi connectivity index (χ3v) is 8.51. The van der Waals surface area contributed by atoms with Gasteiger partial charge in [0.1, 0.15) is 0 Å². The van der Waals surface area contributed by atoms with Crippen LogP contribution in [0.4, 0.5) is 0 Å². The van der Waals surface area contributed by atoms with E-state index in [2.05, 4.69) is 75.2 Å². The van der Waals surface area contributed by atoms with E-state index in [9.17, 15) is 9.59 Å². The van der Waals surface area contributed by atoms with Gasteiger partial charge in [0.15, 0.2) is 0 Å². The zero-order valence-corrected chi connectivity index (χ0v) is 24.4. The van der Waals surface area contributed by atoms with Crippen LogP contribution >= 0.6 is 0 Å². The van der Waals surface area contributed by atoms with Crippen molar-refractivity contribution in [2.24, 2.45) is 11.3 Å². The molecule has 0 unspecified atom stereocenters. The Morgan fingerprint density at radius 1 is 0.846 bits per heavy atom. The minimum absolute atomic E-state index is 0.0414. The fraction of sp³-hybridized carbons (Fsp3) is 0.529. The van der Waals surface area contributed by atoms with E-state index in [4.69, 9.17) is 0 Å². The SMILES string of the molecule is CC(C)(C)CC(C)(C)NC(=O)[C@@H]1CCCN(C2CCN(C(=O)c3c4ccccc4cc4ccccc34)CC2)C1. The molecule has 0 spiro atoms. The predicted octanol–water partition coefficient (Wildman–Crippen LogP) is 6.64. The Morgan fingerprint density at radius 2 is 1.44 bits per heavy atom. The molecule has 0 saturated carbocycles. The predicted molar refractivity (Wildman–Crippen MR) is 161 cm³/mol. The van der Waals surface area contributed by atoms with E-state index < -0.39 is 0 Å². The second-order valence-corrected chi connectivity index (χ2v) is 13.7. The highest BCUT2D eigenvalue weighted by atomic mass is 16.2. The first kappa shape index (κ1) is 27.6. The van der Waals surface area contributed by atoms with Crippen molar-refractivity contribution in [1.29, 1.82) is 0 Å². The molecular formula is C34H45N3O2. The van der Waals surface area contributed by atoms with E-state index in [-0.39, 0.29) is 28.7 Å². The van der Waals surface area contributed by atoms with Crippen LogP contribution in [0.5, 0.6) is 0 Å². The van der Waals surface area contributed by atoms with Crippen molar-refractivity contribution in [3.63, 3.8) is 0 Å². The summed E-state index contributed by atoms with van der Waals surface area (Å²) in [6, 6.07) is 19.1. The third kappa shape index (κ3) is 6.30. The first-order chi connectivity index (χ1) is 18.5. The Balaban J connectivity index is 1.24. The number of carbonyl (C=O) groups excluding carboxylic acids is 2. The normalized spacial score (nSPS) is 19.9. The van der Waals surface area contributed by atoms with Crippen molar-refractivity contribution < 1.29 is 9.59 Å². The number of benzene rings is 3. The fourth-order valence-corrected chi connectivity index (χ4v) is 7.19. The van der Waals surface area contributed by atoms with E-state index in [0.717, 1.165) is 85.4 Å². The van der Waals surface area contributed by atoms with Crippen LogP contribution in [0.2, 0.25) is 0 Å². The minimum Gasteiger partial charge on any atom is -0.351 e. The lowest BCUT2D eigenvalue weighted by molar-refractivity contribution is -0.129. The fourth-order valence-electron chi connectivity index (χ4n) is 7.19. The smallest absolute Gasteiger partial charge is 0.255 e. The van der Waals surface area contributed by atoms with Gasteiger partial charge in [-0.3, -0.25) is 14.5 Å². The number of nitrogens with one attached hydrogen (secondary N) is 1. The number of likely N-dealkylation sites (tertiary alicyclic amines) is 2. The number of nitrogens with zero attached hydrogens (tertiary/aromatic N) is 2. The third-order valence-electron chi connectivity index (χ3n) is 8.51. The number of rotatable bonds is 5. The molecule has 0 radical (unpaired) electrons. The Hall–Kier alpha value is -2.92. The van der Waals surface area contributed by atoms with Crippen LogP contribution in [0, 0.1) is 11.3 Å². The zero-order valence-electron chi connectivity index (χ0n) is 24.4. The molecule has 2 aliphatic heterocycles. The molecule has 5 heteroatoms. The molecule has 2 amide bonds. The summed E-state index contributed by atoms with van der Waals surface area (Å²) in [7, 11) is 0. The number of piperidine rings is 2. The molecule has 0 bridgehead atoms. The van der Waals surface area contributed by atoms with Gasteiger partial charge >= 0.3 is 0 Å². The molecule has 1 atom stereocenters. The van der Waals surface area contributed by atoms with Crippen molar-refractivity contribution >= 4 is 33.4 Å². The molecule has 2 saturated heterocycles. The van der Waals surface area contributed by atoms with Crippen molar-refractivity contribution in [2.45, 2.75) is 78.3 Å². The molecule has 39 heavy (non-hydrogen) atoms. The van der Waals surface area contributed by atoms with Gasteiger partial charge in [0.2, 0.25) is 5.91 Å². The molecule has 1 N–H and O–H groups in total. The van der Waals surface area contributed by atoms with Crippen LogP contribution in [0.1, 0.15) is 77.1 Å². The first-order valence-corrected chi connectivity index (χ1v) is 14.8. The van der Waals surface area contributed by atoms with Gasteiger partial charge in [-0.1, -0.05) is 69.3 Å². The summed E-state index contributed by atoms with van der Waals surface area (Å²) in [6.45, 7) is 14.3. The van der Waals surface area contributed by atoms with E-state index >= 15 is 0 Å². The molecule has 2 aliphatic rings. The maximum atomic E-state index is 13.9. The van der Waals surface area contributed by atoms with E-state index in [1.54, 1.807) is 0 Å². The van der Waals surface area contributed by atoms with Crippen molar-refractivity contribution in [3.05, 3.63) is 60.2 Å². The second-order valence-electron chi connectivity index (χ2n) is 13.7. The summed E-state index contributed by atoms with van der Waals surface area (Å²) in [4.78, 5) is 31.8. The van der Waals surface area contributed by atoms with Crippen molar-refractivity contribution in [1.82, 2.24) is 15.1 Å². The van der Waals surface area contributed by atoms with Gasteiger partial charge in [0, 0.05) is 31.2 Å². The monoisotopic (exact) mass is 527 g/mol. The highest BCUT2D eigenvalue weighted by Gasteiger charge is 2.35. The lowest BCUT2D eigenvalue weighted by Crippen LogP contribution is -2.54. The average Bonchev–Trinajstić information content (AvgIpc) is 2.90. The number of amides is 2. The number of hydrogen-bond donors (Lipinski definition) is 1. The average molecular weight is 528 g/mol. The summed E-state index contributed by atoms with van der Waals surface area (Å²) in [5, 5.41) is 7.64. The highest BCUT2D eigenvalue weighted by Crippen LogP contribution is 2.32. The van der Waals surface area contributed by atoms with Gasteiger partial charge in [-0.15, -0.1) is 0 Å². The first-order valence-electron chi connectivity index (χ1n) is 14.8. The molecule has 2 heterocycles. The van der Waals surface area contributed by atoms with Crippen molar-refractivity contribution in [3.8, 4) is 0 Å². The largest absolute Gasteiger partial charge is 0.351 e. The zero-order chi connectivity index (χ0) is 27.8. The highest BCUT2D eigenvalue weighted by molar-refractivity contribution is 6.18. The quantitative estimate of drug-likeness (QED) is 0.379. The summed E-state index contributed by atoms with van der Waals surface area (Å²) < 4.78 is 0. The number of fused-ring (bicyclic) bond motifs is 2. The van der Waals surface area contributed by atoms with E-state index in [1.807, 2.05) is 29.2 Å². The van der Waals surface area contributed by atoms with Crippen LogP contribution in [-0.4, -0.2) is 59.4 Å². The Bertz CT molecular complexity index is 1290. The van der Waals surface area contributed by atoms with Gasteiger partial charge in [-0.05, 0) is 85.5 Å². The maximum absolute atomic E-state index is 13.9. The summed E-state index contributed by atoms with van der Waals surface area (Å²) in [5.74, 6) is 0.377. The van der Waals surface area contributed by atoms with Gasteiger partial charge in [-0.25, -0.2) is 0 Å². The Kier molecular flexibility index (Phi) is 7.74. The van der Waals surface area contributed by atoms with E-state index in [1.165, 1.54) is 0 Å². The standard InChI is InChI=1S/C34H45N3O2/c1-33(2,3)23-34(4,5)35-31(38)26-13-10-18-37(22-26)27-16-19-36(20-17-27)32(39)30-28-14-8-6-11-24(28)21-25-12-7-9-15-29(25)30/h6-9,11-12,14-15,21,26-27H,10,13,16-20,22-23H2,1-5H3,(H,35,38)/t26-/m1/s1. The molecule has 208 valence electrons. The molecule has 2 fully saturated rings. The summed E-state index contributed by atoms with van der Waals surface area (Å²) in [5.41, 5.74) is 0.781. The van der Waals surface area contributed by atoms with Crippen LogP contribution in [0.15, 0.2) is 54.6 Å². The molecule has 3 aromatic rings. The Labute approximate surface area is 233 Å². The Morgan fingerprint density at radius 3 is 2.03 bits per heavy atom. The van der Waals surface area contributed by atoms with Gasteiger partial charge in [-0.2, -0.15) is 0 Å². The summed E-state index contributed by atoms with van der Waals surface area (Å²) in [6.07, 6.45) is 4.87. The molecule has 0 aromatic heterocycles. The molecule has 5 rings (SSSR count). The van der Waals surface area contributed by atoms with Crippen LogP contribution in [0.3, 0.4) is 0 Å². The number of hydrogen-bond acceptors (Lipinski definition) is 3. The minimum atomic E-state index is -0.213. The molecule has 3 aromatic carbocycles. The lowest BCUT2D eigenvalue weighted by Gasteiger charge is -2.43. The van der Waals surface area contributed by atoms with E-state index in [0.29, 0.717) is 6.04 Å². The van der Waals surface area contributed by atoms with Crippen LogP contribution in [0.25, 0.3) is 21.5 Å². The number of carbonyl (C=O) groups is 2. The van der Waals surface area contributed by atoms with Gasteiger partial charge < -0.3 is 10.2 Å². The lowest BCUT2D eigenvalue weighted by atomic mass is 9.81. The van der Waals surface area contributed by atoms with Crippen molar-refractivity contribution in [2.75, 3.05) is 26.2 Å². The van der Waals surface area contributed by atoms with Crippen LogP contribution < -0.4 is 5.32 Å². The molecular weight excluding hydrogens is 482 g/mol. The molecule has 0 aliphatic carbocycles. The second kappa shape index (κ2) is 10.9.